The van der Waals surface area contributed by atoms with Crippen LogP contribution in [-0.4, -0.2) is 15.9 Å². The largest absolute Gasteiger partial charge is 0.464 e. The SMILES string of the molecule is Cc1coc2c(C)c3oc(=O)c(CC(=O)NC(c4nc5ccccc5[nH]4)C(C)C)c(C)c3cc12. The van der Waals surface area contributed by atoms with E-state index in [2.05, 4.69) is 15.3 Å². The van der Waals surface area contributed by atoms with Crippen molar-refractivity contribution < 1.29 is 13.6 Å². The van der Waals surface area contributed by atoms with Crippen LogP contribution < -0.4 is 10.9 Å². The highest BCUT2D eigenvalue weighted by atomic mass is 16.4. The third-order valence-corrected chi connectivity index (χ3v) is 6.56. The van der Waals surface area contributed by atoms with E-state index in [4.69, 9.17) is 8.83 Å². The molecule has 1 atom stereocenters. The van der Waals surface area contributed by atoms with E-state index in [1.165, 1.54) is 0 Å². The van der Waals surface area contributed by atoms with Gasteiger partial charge in [-0.25, -0.2) is 9.78 Å². The summed E-state index contributed by atoms with van der Waals surface area (Å²) in [4.78, 5) is 34.0. The van der Waals surface area contributed by atoms with Crippen LogP contribution in [0.2, 0.25) is 0 Å². The first kappa shape index (κ1) is 21.9. The third kappa shape index (κ3) is 3.57. The van der Waals surface area contributed by atoms with Gasteiger partial charge in [0.2, 0.25) is 5.91 Å². The van der Waals surface area contributed by atoms with E-state index in [0.29, 0.717) is 22.6 Å². The molecule has 0 spiro atoms. The molecular weight excluding hydrogens is 430 g/mol. The lowest BCUT2D eigenvalue weighted by Gasteiger charge is -2.20. The number of hydrogen-bond acceptors (Lipinski definition) is 5. The van der Waals surface area contributed by atoms with Crippen molar-refractivity contribution in [3.63, 3.8) is 0 Å². The van der Waals surface area contributed by atoms with Crippen molar-refractivity contribution in [3.8, 4) is 0 Å². The number of fused-ring (bicyclic) bond motifs is 3. The molecule has 2 aromatic carbocycles. The number of para-hydroxylation sites is 2. The zero-order valence-electron chi connectivity index (χ0n) is 19.9. The Morgan fingerprint density at radius 2 is 1.85 bits per heavy atom. The number of nitrogens with one attached hydrogen (secondary N) is 2. The summed E-state index contributed by atoms with van der Waals surface area (Å²) >= 11 is 0. The van der Waals surface area contributed by atoms with Crippen molar-refractivity contribution in [2.24, 2.45) is 5.92 Å². The number of hydrogen-bond donors (Lipinski definition) is 2. The van der Waals surface area contributed by atoms with Gasteiger partial charge in [0.05, 0.1) is 35.3 Å². The number of aryl methyl sites for hydroxylation is 3. The van der Waals surface area contributed by atoms with Crippen LogP contribution in [0.15, 0.2) is 50.2 Å². The molecule has 5 rings (SSSR count). The predicted octanol–water partition coefficient (Wildman–Crippen LogP) is 5.40. The van der Waals surface area contributed by atoms with Gasteiger partial charge in [0.25, 0.3) is 0 Å². The lowest BCUT2D eigenvalue weighted by molar-refractivity contribution is -0.121. The summed E-state index contributed by atoms with van der Waals surface area (Å²) in [6, 6.07) is 9.41. The molecule has 0 aliphatic rings. The Labute approximate surface area is 196 Å². The lowest BCUT2D eigenvalue weighted by Crippen LogP contribution is -2.34. The Morgan fingerprint density at radius 3 is 2.59 bits per heavy atom. The number of nitrogens with zero attached hydrogens (tertiary/aromatic N) is 1. The third-order valence-electron chi connectivity index (χ3n) is 6.56. The van der Waals surface area contributed by atoms with Gasteiger partial charge in [-0.1, -0.05) is 26.0 Å². The van der Waals surface area contributed by atoms with Crippen molar-refractivity contribution in [1.29, 1.82) is 0 Å². The molecule has 0 fully saturated rings. The van der Waals surface area contributed by atoms with Crippen LogP contribution in [0.3, 0.4) is 0 Å². The first-order valence-electron chi connectivity index (χ1n) is 11.4. The quantitative estimate of drug-likeness (QED) is 0.344. The molecule has 7 heteroatoms. The molecule has 0 aliphatic carbocycles. The van der Waals surface area contributed by atoms with Crippen molar-refractivity contribution in [2.75, 3.05) is 0 Å². The van der Waals surface area contributed by atoms with Crippen molar-refractivity contribution in [3.05, 3.63) is 75.1 Å². The van der Waals surface area contributed by atoms with Crippen LogP contribution >= 0.6 is 0 Å². The number of benzene rings is 2. The average molecular weight is 458 g/mol. The molecule has 174 valence electrons. The Bertz CT molecular complexity index is 1590. The van der Waals surface area contributed by atoms with Crippen LogP contribution in [0.4, 0.5) is 0 Å². The minimum absolute atomic E-state index is 0.0744. The summed E-state index contributed by atoms with van der Waals surface area (Å²) in [6.07, 6.45) is 1.62. The molecule has 0 saturated carbocycles. The standard InChI is InChI=1S/C27H27N3O4/c1-13(2)23(26-28-20-8-6-7-9-21(20)29-26)30-22(31)11-19-15(4)18-10-17-14(3)12-33-24(17)16(5)25(18)34-27(19)32/h6-10,12-13,23H,11H2,1-5H3,(H,28,29)(H,30,31). The van der Waals surface area contributed by atoms with Gasteiger partial charge in [0.1, 0.15) is 17.0 Å². The van der Waals surface area contributed by atoms with E-state index < -0.39 is 5.63 Å². The molecule has 3 aromatic heterocycles. The van der Waals surface area contributed by atoms with Gasteiger partial charge >= 0.3 is 5.63 Å². The minimum atomic E-state index is -0.504. The minimum Gasteiger partial charge on any atom is -0.464 e. The maximum Gasteiger partial charge on any atom is 0.340 e. The molecule has 2 N–H and O–H groups in total. The second kappa shape index (κ2) is 8.17. The van der Waals surface area contributed by atoms with E-state index in [0.717, 1.165) is 38.5 Å². The van der Waals surface area contributed by atoms with E-state index in [-0.39, 0.29) is 24.3 Å². The molecule has 7 nitrogen and oxygen atoms in total. The maximum atomic E-state index is 13.1. The number of rotatable bonds is 5. The summed E-state index contributed by atoms with van der Waals surface area (Å²) in [5.74, 6) is 0.532. The number of H-pyrrole nitrogens is 1. The second-order valence-corrected chi connectivity index (χ2v) is 9.27. The second-order valence-electron chi connectivity index (χ2n) is 9.27. The molecule has 1 amide bonds. The number of aromatic nitrogens is 2. The first-order valence-corrected chi connectivity index (χ1v) is 11.4. The molecule has 5 aromatic rings. The van der Waals surface area contributed by atoms with Crippen LogP contribution in [0, 0.1) is 26.7 Å². The average Bonchev–Trinajstić information content (AvgIpc) is 3.39. The van der Waals surface area contributed by atoms with Gasteiger partial charge < -0.3 is 19.1 Å². The Hall–Kier alpha value is -3.87. The van der Waals surface area contributed by atoms with E-state index >= 15 is 0 Å². The first-order chi connectivity index (χ1) is 16.2. The normalized spacial score (nSPS) is 12.8. The summed E-state index contributed by atoms with van der Waals surface area (Å²) in [6.45, 7) is 9.76. The van der Waals surface area contributed by atoms with Crippen LogP contribution in [0.25, 0.3) is 33.0 Å². The molecule has 0 bridgehead atoms. The zero-order valence-corrected chi connectivity index (χ0v) is 19.9. The summed E-state index contributed by atoms with van der Waals surface area (Å²) < 4.78 is 11.3. The predicted molar refractivity (Wildman–Crippen MR) is 132 cm³/mol. The molecule has 3 heterocycles. The number of carbonyl (C=O) groups is 1. The molecule has 0 aliphatic heterocycles. The topological polar surface area (TPSA) is 101 Å². The summed E-state index contributed by atoms with van der Waals surface area (Å²) in [7, 11) is 0. The molecule has 0 saturated heterocycles. The Balaban J connectivity index is 1.49. The van der Waals surface area contributed by atoms with Gasteiger partial charge in [0, 0.05) is 16.3 Å². The van der Waals surface area contributed by atoms with Gasteiger partial charge in [-0.2, -0.15) is 0 Å². The van der Waals surface area contributed by atoms with Crippen LogP contribution in [0.5, 0.6) is 0 Å². The number of amides is 1. The monoisotopic (exact) mass is 457 g/mol. The number of aromatic amines is 1. The molecule has 1 unspecified atom stereocenters. The molecular formula is C27H27N3O4. The van der Waals surface area contributed by atoms with Gasteiger partial charge in [0.15, 0.2) is 0 Å². The van der Waals surface area contributed by atoms with E-state index in [9.17, 15) is 9.59 Å². The molecule has 34 heavy (non-hydrogen) atoms. The Morgan fingerprint density at radius 1 is 1.09 bits per heavy atom. The maximum absolute atomic E-state index is 13.1. The van der Waals surface area contributed by atoms with E-state index in [1.807, 2.05) is 65.0 Å². The van der Waals surface area contributed by atoms with Gasteiger partial charge in [-0.3, -0.25) is 4.79 Å². The fourth-order valence-electron chi connectivity index (χ4n) is 4.58. The summed E-state index contributed by atoms with van der Waals surface area (Å²) in [5.41, 5.74) is 5.36. The zero-order chi connectivity index (χ0) is 24.1. The van der Waals surface area contributed by atoms with Crippen molar-refractivity contribution in [1.82, 2.24) is 15.3 Å². The van der Waals surface area contributed by atoms with Crippen molar-refractivity contribution in [2.45, 2.75) is 47.1 Å². The fraction of sp³-hybridized carbons (Fsp3) is 0.296. The fourth-order valence-corrected chi connectivity index (χ4v) is 4.58. The summed E-state index contributed by atoms with van der Waals surface area (Å²) in [5, 5.41) is 4.85. The van der Waals surface area contributed by atoms with Crippen molar-refractivity contribution >= 4 is 38.9 Å². The number of carbonyl (C=O) groups excluding carboxylic acids is 1. The highest BCUT2D eigenvalue weighted by Crippen LogP contribution is 2.32. The smallest absolute Gasteiger partial charge is 0.340 e. The van der Waals surface area contributed by atoms with Gasteiger partial charge in [-0.15, -0.1) is 0 Å². The molecule has 0 radical (unpaired) electrons. The van der Waals surface area contributed by atoms with E-state index in [1.54, 1.807) is 6.26 Å². The Kier molecular flexibility index (Phi) is 5.27. The number of furan rings is 1. The highest BCUT2D eigenvalue weighted by molar-refractivity contribution is 6.00. The van der Waals surface area contributed by atoms with Crippen LogP contribution in [0.1, 0.15) is 48.0 Å². The van der Waals surface area contributed by atoms with Crippen LogP contribution in [-0.2, 0) is 11.2 Å². The number of imidazole rings is 1. The lowest BCUT2D eigenvalue weighted by atomic mass is 9.98. The highest BCUT2D eigenvalue weighted by Gasteiger charge is 2.24. The van der Waals surface area contributed by atoms with Gasteiger partial charge in [-0.05, 0) is 56.0 Å².